The number of aryl methyl sites for hydroxylation is 1. The number of sulfone groups is 1. The highest BCUT2D eigenvalue weighted by Gasteiger charge is 2.06. The van der Waals surface area contributed by atoms with Crippen LogP contribution in [0.4, 0.5) is 5.82 Å². The van der Waals surface area contributed by atoms with Crippen LogP contribution in [0.15, 0.2) is 18.3 Å². The molecule has 0 fully saturated rings. The van der Waals surface area contributed by atoms with Gasteiger partial charge in [0.2, 0.25) is 0 Å². The summed E-state index contributed by atoms with van der Waals surface area (Å²) in [5.74, 6) is 1.07. The first-order chi connectivity index (χ1) is 7.03. The minimum absolute atomic E-state index is 0.152. The fourth-order valence-electron chi connectivity index (χ4n) is 1.11. The summed E-state index contributed by atoms with van der Waals surface area (Å²) >= 11 is 0. The van der Waals surface area contributed by atoms with E-state index in [2.05, 4.69) is 10.3 Å². The summed E-state index contributed by atoms with van der Waals surface area (Å²) in [6.45, 7) is 4.03. The summed E-state index contributed by atoms with van der Waals surface area (Å²) in [5, 5.41) is 2.99. The van der Waals surface area contributed by atoms with Gasteiger partial charge in [0.05, 0.1) is 5.75 Å². The summed E-state index contributed by atoms with van der Waals surface area (Å²) in [4.78, 5) is 4.08. The average molecular weight is 228 g/mol. The lowest BCUT2D eigenvalue weighted by Crippen LogP contribution is -2.17. The van der Waals surface area contributed by atoms with Crippen LogP contribution in [0.2, 0.25) is 0 Å². The first-order valence-electron chi connectivity index (χ1n) is 4.90. The molecular weight excluding hydrogens is 212 g/mol. The number of rotatable bonds is 5. The first kappa shape index (κ1) is 12.0. The van der Waals surface area contributed by atoms with Gasteiger partial charge in [-0.15, -0.1) is 0 Å². The van der Waals surface area contributed by atoms with Gasteiger partial charge < -0.3 is 5.32 Å². The molecular formula is C10H16N2O2S. The molecule has 0 saturated heterocycles. The van der Waals surface area contributed by atoms with Gasteiger partial charge in [0.15, 0.2) is 9.84 Å². The van der Waals surface area contributed by atoms with Gasteiger partial charge in [-0.1, -0.05) is 6.92 Å². The lowest BCUT2D eigenvalue weighted by molar-refractivity contribution is 0.597. The first-order valence-corrected chi connectivity index (χ1v) is 6.72. The lowest BCUT2D eigenvalue weighted by Gasteiger charge is -2.05. The quantitative estimate of drug-likeness (QED) is 0.823. The highest BCUT2D eigenvalue weighted by molar-refractivity contribution is 7.91. The maximum absolute atomic E-state index is 11.2. The molecule has 0 bridgehead atoms. The Balaban J connectivity index is 2.45. The molecule has 0 amide bonds. The van der Waals surface area contributed by atoms with Crippen molar-refractivity contribution in [2.75, 3.05) is 23.4 Å². The molecule has 0 aliphatic rings. The number of pyridine rings is 1. The third kappa shape index (κ3) is 4.29. The van der Waals surface area contributed by atoms with Crippen molar-refractivity contribution < 1.29 is 8.42 Å². The molecule has 1 heterocycles. The van der Waals surface area contributed by atoms with Gasteiger partial charge in [0.1, 0.15) is 5.82 Å². The Hall–Kier alpha value is -1.10. The fraction of sp³-hybridized carbons (Fsp3) is 0.500. The molecule has 1 aromatic heterocycles. The number of hydrogen-bond acceptors (Lipinski definition) is 4. The molecule has 1 aromatic rings. The molecule has 5 heteroatoms. The molecule has 0 spiro atoms. The third-order valence-corrected chi connectivity index (χ3v) is 3.78. The SMILES string of the molecule is CCS(=O)(=O)CCNc1cc(C)ccn1. The largest absolute Gasteiger partial charge is 0.369 e. The van der Waals surface area contributed by atoms with Crippen LogP contribution in [-0.2, 0) is 9.84 Å². The molecule has 0 aromatic carbocycles. The van der Waals surface area contributed by atoms with E-state index in [-0.39, 0.29) is 11.5 Å². The molecule has 15 heavy (non-hydrogen) atoms. The van der Waals surface area contributed by atoms with Crippen molar-refractivity contribution in [2.45, 2.75) is 13.8 Å². The van der Waals surface area contributed by atoms with Crippen molar-refractivity contribution in [3.63, 3.8) is 0 Å². The van der Waals surface area contributed by atoms with Crippen LogP contribution in [0.25, 0.3) is 0 Å². The standard InChI is InChI=1S/C10H16N2O2S/c1-3-15(13,14)7-6-12-10-8-9(2)4-5-11-10/h4-5,8H,3,6-7H2,1-2H3,(H,11,12). The highest BCUT2D eigenvalue weighted by Crippen LogP contribution is 2.04. The molecule has 0 atom stereocenters. The molecule has 4 nitrogen and oxygen atoms in total. The van der Waals surface area contributed by atoms with Crippen LogP contribution in [0.5, 0.6) is 0 Å². The molecule has 0 saturated carbocycles. The van der Waals surface area contributed by atoms with Gasteiger partial charge in [-0.3, -0.25) is 0 Å². The predicted octanol–water partition coefficient (Wildman–Crippen LogP) is 1.24. The van der Waals surface area contributed by atoms with Gasteiger partial charge in [-0.05, 0) is 24.6 Å². The average Bonchev–Trinajstić information content (AvgIpc) is 2.18. The van der Waals surface area contributed by atoms with Gasteiger partial charge >= 0.3 is 0 Å². The Morgan fingerprint density at radius 1 is 1.47 bits per heavy atom. The van der Waals surface area contributed by atoms with Crippen molar-refractivity contribution in [3.8, 4) is 0 Å². The van der Waals surface area contributed by atoms with Crippen LogP contribution >= 0.6 is 0 Å². The van der Waals surface area contributed by atoms with E-state index in [0.29, 0.717) is 6.54 Å². The molecule has 1 N–H and O–H groups in total. The Bertz CT molecular complexity index is 415. The van der Waals surface area contributed by atoms with E-state index in [0.717, 1.165) is 11.4 Å². The van der Waals surface area contributed by atoms with Crippen LogP contribution in [0.3, 0.4) is 0 Å². The summed E-state index contributed by atoms with van der Waals surface area (Å²) < 4.78 is 22.4. The van der Waals surface area contributed by atoms with Crippen LogP contribution < -0.4 is 5.32 Å². The maximum atomic E-state index is 11.2. The summed E-state index contributed by atoms with van der Waals surface area (Å²) in [6, 6.07) is 3.78. The van der Waals surface area contributed by atoms with E-state index in [1.807, 2.05) is 19.1 Å². The Labute approximate surface area is 90.7 Å². The smallest absolute Gasteiger partial charge is 0.151 e. The van der Waals surface area contributed by atoms with E-state index in [1.54, 1.807) is 13.1 Å². The molecule has 0 radical (unpaired) electrons. The van der Waals surface area contributed by atoms with Gasteiger partial charge in [-0.25, -0.2) is 13.4 Å². The minimum Gasteiger partial charge on any atom is -0.369 e. The van der Waals surface area contributed by atoms with E-state index >= 15 is 0 Å². The molecule has 84 valence electrons. The van der Waals surface area contributed by atoms with Crippen molar-refractivity contribution >= 4 is 15.7 Å². The zero-order chi connectivity index (χ0) is 11.3. The molecule has 0 unspecified atom stereocenters. The summed E-state index contributed by atoms with van der Waals surface area (Å²) in [7, 11) is -2.89. The second kappa shape index (κ2) is 5.11. The van der Waals surface area contributed by atoms with E-state index in [4.69, 9.17) is 0 Å². The van der Waals surface area contributed by atoms with Crippen molar-refractivity contribution in [3.05, 3.63) is 23.9 Å². The summed E-state index contributed by atoms with van der Waals surface area (Å²) in [6.07, 6.45) is 1.70. The lowest BCUT2D eigenvalue weighted by atomic mass is 10.3. The van der Waals surface area contributed by atoms with Crippen LogP contribution in [-0.4, -0.2) is 31.5 Å². The molecule has 0 aliphatic heterocycles. The van der Waals surface area contributed by atoms with Gasteiger partial charge in [0.25, 0.3) is 0 Å². The van der Waals surface area contributed by atoms with Crippen molar-refractivity contribution in [1.82, 2.24) is 4.98 Å². The third-order valence-electron chi connectivity index (χ3n) is 2.07. The number of nitrogens with one attached hydrogen (secondary N) is 1. The van der Waals surface area contributed by atoms with Gasteiger partial charge in [0, 0.05) is 18.5 Å². The van der Waals surface area contributed by atoms with Crippen LogP contribution in [0, 0.1) is 6.92 Å². The minimum atomic E-state index is -2.89. The zero-order valence-electron chi connectivity index (χ0n) is 9.03. The number of aromatic nitrogens is 1. The number of hydrogen-bond donors (Lipinski definition) is 1. The van der Waals surface area contributed by atoms with Crippen LogP contribution in [0.1, 0.15) is 12.5 Å². The normalized spacial score (nSPS) is 11.3. The Kier molecular flexibility index (Phi) is 4.08. The van der Waals surface area contributed by atoms with E-state index in [9.17, 15) is 8.42 Å². The fourth-order valence-corrected chi connectivity index (χ4v) is 1.81. The number of anilines is 1. The molecule has 1 rings (SSSR count). The second-order valence-corrected chi connectivity index (χ2v) is 5.85. The number of nitrogens with zero attached hydrogens (tertiary/aromatic N) is 1. The van der Waals surface area contributed by atoms with E-state index < -0.39 is 9.84 Å². The van der Waals surface area contributed by atoms with E-state index in [1.165, 1.54) is 0 Å². The second-order valence-electron chi connectivity index (χ2n) is 3.38. The van der Waals surface area contributed by atoms with Gasteiger partial charge in [-0.2, -0.15) is 0 Å². The predicted molar refractivity (Wildman–Crippen MR) is 61.8 cm³/mol. The Morgan fingerprint density at radius 3 is 2.80 bits per heavy atom. The zero-order valence-corrected chi connectivity index (χ0v) is 9.84. The summed E-state index contributed by atoms with van der Waals surface area (Å²) in [5.41, 5.74) is 1.10. The molecule has 0 aliphatic carbocycles. The highest BCUT2D eigenvalue weighted by atomic mass is 32.2. The monoisotopic (exact) mass is 228 g/mol. The van der Waals surface area contributed by atoms with Crippen molar-refractivity contribution in [2.24, 2.45) is 0 Å². The topological polar surface area (TPSA) is 59.1 Å². The maximum Gasteiger partial charge on any atom is 0.151 e. The Morgan fingerprint density at radius 2 is 2.20 bits per heavy atom. The van der Waals surface area contributed by atoms with Crippen molar-refractivity contribution in [1.29, 1.82) is 0 Å².